The average molecular weight is 352 g/mol. The summed E-state index contributed by atoms with van der Waals surface area (Å²) in [5.41, 5.74) is 3.96. The van der Waals surface area contributed by atoms with Crippen LogP contribution in [-0.4, -0.2) is 32.0 Å². The molecule has 2 aromatic carbocycles. The summed E-state index contributed by atoms with van der Waals surface area (Å²) in [6.45, 7) is 1.37. The van der Waals surface area contributed by atoms with Crippen LogP contribution in [0.4, 0.5) is 0 Å². The Balaban J connectivity index is 1.65. The lowest BCUT2D eigenvalue weighted by Crippen LogP contribution is -2.25. The Bertz CT molecular complexity index is 899. The van der Waals surface area contributed by atoms with E-state index in [0.717, 1.165) is 34.4 Å². The number of furan rings is 1. The number of hydrogen-bond donors (Lipinski definition) is 1. The van der Waals surface area contributed by atoms with E-state index < -0.39 is 0 Å². The number of carbonyl (C=O) groups is 1. The molecule has 0 saturated heterocycles. The maximum absolute atomic E-state index is 12.4. The lowest BCUT2D eigenvalue weighted by atomic mass is 10.1. The fraction of sp³-hybridized carbons (Fsp3) is 0.286. The van der Waals surface area contributed by atoms with E-state index in [0.29, 0.717) is 6.54 Å². The van der Waals surface area contributed by atoms with Crippen LogP contribution in [-0.2, 0) is 24.3 Å². The summed E-state index contributed by atoms with van der Waals surface area (Å²) in [7, 11) is 5.69. The van der Waals surface area contributed by atoms with Crippen LogP contribution in [0.15, 0.2) is 53.1 Å². The SMILES string of the molecule is COc1ccc2c(CC(=O)NCc3ccccc3CN(C)C)coc2c1. The fourth-order valence-corrected chi connectivity index (χ4v) is 2.98. The van der Waals surface area contributed by atoms with Gasteiger partial charge in [-0.2, -0.15) is 0 Å². The molecule has 0 radical (unpaired) electrons. The van der Waals surface area contributed by atoms with Crippen LogP contribution in [0.5, 0.6) is 5.75 Å². The molecule has 5 heteroatoms. The van der Waals surface area contributed by atoms with Gasteiger partial charge in [0.15, 0.2) is 0 Å². The Morgan fingerprint density at radius 3 is 2.62 bits per heavy atom. The van der Waals surface area contributed by atoms with Crippen LogP contribution in [0.2, 0.25) is 0 Å². The third-order valence-electron chi connectivity index (χ3n) is 4.29. The third-order valence-corrected chi connectivity index (χ3v) is 4.29. The predicted molar refractivity (Wildman–Crippen MR) is 102 cm³/mol. The zero-order valence-corrected chi connectivity index (χ0v) is 15.4. The molecule has 0 bridgehead atoms. The topological polar surface area (TPSA) is 54.7 Å². The number of methoxy groups -OCH3 is 1. The number of nitrogens with zero attached hydrogens (tertiary/aromatic N) is 1. The molecule has 26 heavy (non-hydrogen) atoms. The number of nitrogens with one attached hydrogen (secondary N) is 1. The molecule has 0 fully saturated rings. The highest BCUT2D eigenvalue weighted by Gasteiger charge is 2.12. The van der Waals surface area contributed by atoms with E-state index in [1.54, 1.807) is 13.4 Å². The molecule has 0 atom stereocenters. The van der Waals surface area contributed by atoms with Crippen molar-refractivity contribution in [1.29, 1.82) is 0 Å². The number of carbonyl (C=O) groups excluding carboxylic acids is 1. The zero-order chi connectivity index (χ0) is 18.5. The first-order valence-corrected chi connectivity index (χ1v) is 8.59. The second-order valence-electron chi connectivity index (χ2n) is 6.58. The van der Waals surface area contributed by atoms with Crippen LogP contribution < -0.4 is 10.1 Å². The van der Waals surface area contributed by atoms with Gasteiger partial charge in [-0.3, -0.25) is 4.79 Å². The summed E-state index contributed by atoms with van der Waals surface area (Å²) in [6.07, 6.45) is 1.93. The smallest absolute Gasteiger partial charge is 0.224 e. The zero-order valence-electron chi connectivity index (χ0n) is 15.4. The number of ether oxygens (including phenoxy) is 1. The van der Waals surface area contributed by atoms with E-state index in [1.165, 1.54) is 5.56 Å². The molecule has 0 aliphatic carbocycles. The van der Waals surface area contributed by atoms with Crippen molar-refractivity contribution in [3.63, 3.8) is 0 Å². The van der Waals surface area contributed by atoms with Crippen LogP contribution in [0.25, 0.3) is 11.0 Å². The molecular formula is C21H24N2O3. The van der Waals surface area contributed by atoms with Gasteiger partial charge in [-0.05, 0) is 37.4 Å². The highest BCUT2D eigenvalue weighted by Crippen LogP contribution is 2.25. The minimum Gasteiger partial charge on any atom is -0.497 e. The van der Waals surface area contributed by atoms with Crippen molar-refractivity contribution in [1.82, 2.24) is 10.2 Å². The summed E-state index contributed by atoms with van der Waals surface area (Å²) in [4.78, 5) is 14.5. The summed E-state index contributed by atoms with van der Waals surface area (Å²) in [5.74, 6) is 0.712. The Labute approximate surface area is 153 Å². The number of rotatable bonds is 7. The molecular weight excluding hydrogens is 328 g/mol. The number of benzene rings is 2. The molecule has 1 heterocycles. The van der Waals surface area contributed by atoms with Crippen molar-refractivity contribution in [2.45, 2.75) is 19.5 Å². The minimum absolute atomic E-state index is 0.0248. The van der Waals surface area contributed by atoms with Crippen molar-refractivity contribution < 1.29 is 13.9 Å². The molecule has 1 N–H and O–H groups in total. The lowest BCUT2D eigenvalue weighted by Gasteiger charge is -2.14. The van der Waals surface area contributed by atoms with Gasteiger partial charge in [0.25, 0.3) is 0 Å². The summed E-state index contributed by atoms with van der Waals surface area (Å²) in [6, 6.07) is 13.8. The van der Waals surface area contributed by atoms with Gasteiger partial charge in [-0.1, -0.05) is 24.3 Å². The van der Waals surface area contributed by atoms with E-state index in [4.69, 9.17) is 9.15 Å². The van der Waals surface area contributed by atoms with Crippen LogP contribution in [0.3, 0.4) is 0 Å². The van der Waals surface area contributed by atoms with Gasteiger partial charge in [-0.15, -0.1) is 0 Å². The summed E-state index contributed by atoms with van der Waals surface area (Å²) < 4.78 is 10.7. The van der Waals surface area contributed by atoms with Crippen LogP contribution in [0.1, 0.15) is 16.7 Å². The van der Waals surface area contributed by atoms with Gasteiger partial charge in [-0.25, -0.2) is 0 Å². The van der Waals surface area contributed by atoms with Crippen molar-refractivity contribution in [2.24, 2.45) is 0 Å². The second kappa shape index (κ2) is 8.06. The normalized spacial score (nSPS) is 11.1. The van der Waals surface area contributed by atoms with E-state index in [1.807, 2.05) is 44.4 Å². The Morgan fingerprint density at radius 1 is 1.12 bits per heavy atom. The third kappa shape index (κ3) is 4.24. The van der Waals surface area contributed by atoms with Crippen molar-refractivity contribution in [3.05, 3.63) is 65.4 Å². The largest absolute Gasteiger partial charge is 0.497 e. The average Bonchev–Trinajstić information content (AvgIpc) is 3.02. The Kier molecular flexibility index (Phi) is 5.58. The quantitative estimate of drug-likeness (QED) is 0.708. The van der Waals surface area contributed by atoms with Crippen molar-refractivity contribution in [2.75, 3.05) is 21.2 Å². The first-order valence-electron chi connectivity index (χ1n) is 8.59. The summed E-state index contributed by atoms with van der Waals surface area (Å²) >= 11 is 0. The minimum atomic E-state index is -0.0248. The summed E-state index contributed by atoms with van der Waals surface area (Å²) in [5, 5.41) is 3.95. The van der Waals surface area contributed by atoms with Crippen LogP contribution >= 0.6 is 0 Å². The molecule has 0 aliphatic rings. The molecule has 136 valence electrons. The van der Waals surface area contributed by atoms with Gasteiger partial charge < -0.3 is 19.4 Å². The highest BCUT2D eigenvalue weighted by atomic mass is 16.5. The van der Waals surface area contributed by atoms with Gasteiger partial charge in [0, 0.05) is 30.1 Å². The maximum atomic E-state index is 12.4. The van der Waals surface area contributed by atoms with Gasteiger partial charge in [0.05, 0.1) is 19.8 Å². The lowest BCUT2D eigenvalue weighted by molar-refractivity contribution is -0.120. The molecule has 0 aliphatic heterocycles. The van der Waals surface area contributed by atoms with E-state index in [9.17, 15) is 4.79 Å². The predicted octanol–water partition coefficient (Wildman–Crippen LogP) is 3.36. The number of fused-ring (bicyclic) bond motifs is 1. The second-order valence-corrected chi connectivity index (χ2v) is 6.58. The molecule has 0 spiro atoms. The molecule has 5 nitrogen and oxygen atoms in total. The highest BCUT2D eigenvalue weighted by molar-refractivity contribution is 5.88. The number of hydrogen-bond acceptors (Lipinski definition) is 4. The molecule has 1 aromatic heterocycles. The first-order chi connectivity index (χ1) is 12.6. The molecule has 1 amide bonds. The van der Waals surface area contributed by atoms with E-state index >= 15 is 0 Å². The fourth-order valence-electron chi connectivity index (χ4n) is 2.98. The van der Waals surface area contributed by atoms with Crippen LogP contribution in [0, 0.1) is 0 Å². The van der Waals surface area contributed by atoms with Gasteiger partial charge in [0.2, 0.25) is 5.91 Å². The van der Waals surface area contributed by atoms with Gasteiger partial charge in [0.1, 0.15) is 11.3 Å². The standard InChI is InChI=1S/C21H24N2O3/c1-23(2)13-16-7-5-4-6-15(16)12-22-21(24)10-17-14-26-20-11-18(25-3)8-9-19(17)20/h4-9,11,14H,10,12-13H2,1-3H3,(H,22,24). The van der Waals surface area contributed by atoms with Gasteiger partial charge >= 0.3 is 0 Å². The molecule has 3 rings (SSSR count). The maximum Gasteiger partial charge on any atom is 0.224 e. The molecule has 0 saturated carbocycles. The van der Waals surface area contributed by atoms with E-state index in [2.05, 4.69) is 22.3 Å². The first kappa shape index (κ1) is 18.0. The molecule has 0 unspecified atom stereocenters. The Morgan fingerprint density at radius 2 is 1.88 bits per heavy atom. The van der Waals surface area contributed by atoms with Crippen molar-refractivity contribution >= 4 is 16.9 Å². The monoisotopic (exact) mass is 352 g/mol. The van der Waals surface area contributed by atoms with Crippen molar-refractivity contribution in [3.8, 4) is 5.75 Å². The van der Waals surface area contributed by atoms with E-state index in [-0.39, 0.29) is 12.3 Å². The number of amides is 1. The molecule has 3 aromatic rings. The Hall–Kier alpha value is -2.79.